The maximum Gasteiger partial charge on any atom is 0.227 e. The molecule has 1 aliphatic rings. The van der Waals surface area contributed by atoms with E-state index >= 15 is 0 Å². The predicted molar refractivity (Wildman–Crippen MR) is 82.0 cm³/mol. The number of rotatable bonds is 3. The van der Waals surface area contributed by atoms with Gasteiger partial charge in [-0.25, -0.2) is 0 Å². The van der Waals surface area contributed by atoms with Crippen molar-refractivity contribution in [2.45, 2.75) is 26.4 Å². The van der Waals surface area contributed by atoms with E-state index in [4.69, 9.17) is 11.6 Å². The van der Waals surface area contributed by atoms with Crippen LogP contribution in [-0.4, -0.2) is 27.1 Å². The number of benzene rings is 1. The molecule has 1 aromatic carbocycles. The van der Waals surface area contributed by atoms with Crippen molar-refractivity contribution in [3.8, 4) is 0 Å². The number of hydrogen-bond acceptors (Lipinski definition) is 2. The first kappa shape index (κ1) is 14.1. The van der Waals surface area contributed by atoms with Crippen LogP contribution >= 0.6 is 11.6 Å². The maximum absolute atomic E-state index is 12.6. The standard InChI is InChI=1S/C16H18ClN3O/c1-12(10-20-8-3-7-18-20)16(21)19-9-6-14-13(11-19)4-2-5-15(14)17/h2-5,7-8,12H,6,9-11H2,1H3. The van der Waals surface area contributed by atoms with Crippen molar-refractivity contribution in [1.29, 1.82) is 0 Å². The molecule has 110 valence electrons. The van der Waals surface area contributed by atoms with Crippen molar-refractivity contribution >= 4 is 17.5 Å². The summed E-state index contributed by atoms with van der Waals surface area (Å²) < 4.78 is 1.80. The van der Waals surface area contributed by atoms with Gasteiger partial charge in [0, 0.05) is 30.5 Å². The van der Waals surface area contributed by atoms with Gasteiger partial charge in [-0.15, -0.1) is 0 Å². The summed E-state index contributed by atoms with van der Waals surface area (Å²) in [7, 11) is 0. The lowest BCUT2D eigenvalue weighted by Gasteiger charge is -2.31. The van der Waals surface area contributed by atoms with Crippen molar-refractivity contribution in [1.82, 2.24) is 14.7 Å². The van der Waals surface area contributed by atoms with Gasteiger partial charge in [0.25, 0.3) is 0 Å². The van der Waals surface area contributed by atoms with Gasteiger partial charge in [0.1, 0.15) is 0 Å². The Morgan fingerprint density at radius 2 is 2.29 bits per heavy atom. The largest absolute Gasteiger partial charge is 0.338 e. The second-order valence-electron chi connectivity index (χ2n) is 5.52. The van der Waals surface area contributed by atoms with E-state index in [2.05, 4.69) is 11.2 Å². The van der Waals surface area contributed by atoms with Gasteiger partial charge in [-0.2, -0.15) is 5.10 Å². The highest BCUT2D eigenvalue weighted by molar-refractivity contribution is 6.31. The first-order chi connectivity index (χ1) is 10.1. The van der Waals surface area contributed by atoms with E-state index in [-0.39, 0.29) is 11.8 Å². The summed E-state index contributed by atoms with van der Waals surface area (Å²) in [5, 5.41) is 4.97. The minimum absolute atomic E-state index is 0.0781. The summed E-state index contributed by atoms with van der Waals surface area (Å²) in [6.07, 6.45) is 4.45. The highest BCUT2D eigenvalue weighted by Gasteiger charge is 2.25. The first-order valence-electron chi connectivity index (χ1n) is 7.17. The molecule has 4 nitrogen and oxygen atoms in total. The van der Waals surface area contributed by atoms with Gasteiger partial charge in [-0.3, -0.25) is 9.48 Å². The summed E-state index contributed by atoms with van der Waals surface area (Å²) >= 11 is 6.21. The van der Waals surface area contributed by atoms with Gasteiger partial charge in [-0.1, -0.05) is 30.7 Å². The summed E-state index contributed by atoms with van der Waals surface area (Å²) in [5.41, 5.74) is 2.34. The molecule has 2 heterocycles. The molecule has 1 amide bonds. The van der Waals surface area contributed by atoms with Crippen molar-refractivity contribution in [3.05, 3.63) is 52.8 Å². The number of aromatic nitrogens is 2. The quantitative estimate of drug-likeness (QED) is 0.874. The van der Waals surface area contributed by atoms with E-state index in [9.17, 15) is 4.79 Å². The molecule has 2 aromatic rings. The lowest BCUT2D eigenvalue weighted by molar-refractivity contribution is -0.136. The Morgan fingerprint density at radius 1 is 1.43 bits per heavy atom. The molecule has 1 aromatic heterocycles. The van der Waals surface area contributed by atoms with Gasteiger partial charge in [-0.05, 0) is 29.7 Å². The minimum atomic E-state index is -0.0781. The lowest BCUT2D eigenvalue weighted by Crippen LogP contribution is -2.40. The maximum atomic E-state index is 12.6. The van der Waals surface area contributed by atoms with E-state index in [0.29, 0.717) is 13.1 Å². The second kappa shape index (κ2) is 5.90. The smallest absolute Gasteiger partial charge is 0.227 e. The van der Waals surface area contributed by atoms with Crippen LogP contribution < -0.4 is 0 Å². The lowest BCUT2D eigenvalue weighted by atomic mass is 9.98. The van der Waals surface area contributed by atoms with E-state index < -0.39 is 0 Å². The fourth-order valence-electron chi connectivity index (χ4n) is 2.83. The molecule has 1 unspecified atom stereocenters. The Kier molecular flexibility index (Phi) is 3.97. The number of halogens is 1. The monoisotopic (exact) mass is 303 g/mol. The Bertz CT molecular complexity index is 639. The summed E-state index contributed by atoms with van der Waals surface area (Å²) in [6, 6.07) is 7.79. The van der Waals surface area contributed by atoms with Gasteiger partial charge in [0.2, 0.25) is 5.91 Å². The molecule has 0 aliphatic carbocycles. The summed E-state index contributed by atoms with van der Waals surface area (Å²) in [4.78, 5) is 14.5. The number of carbonyl (C=O) groups excluding carboxylic acids is 1. The van der Waals surface area contributed by atoms with Crippen LogP contribution in [0.1, 0.15) is 18.1 Å². The normalized spacial score (nSPS) is 15.6. The zero-order valence-electron chi connectivity index (χ0n) is 12.0. The summed E-state index contributed by atoms with van der Waals surface area (Å²) in [6.45, 7) is 3.96. The van der Waals surface area contributed by atoms with Crippen LogP contribution in [0.3, 0.4) is 0 Å². The molecule has 3 rings (SSSR count). The van der Waals surface area contributed by atoms with Crippen LogP contribution in [0.5, 0.6) is 0 Å². The summed E-state index contributed by atoms with van der Waals surface area (Å²) in [5.74, 6) is 0.0989. The average Bonchev–Trinajstić information content (AvgIpc) is 2.99. The molecular weight excluding hydrogens is 286 g/mol. The molecule has 5 heteroatoms. The number of fused-ring (bicyclic) bond motifs is 1. The molecule has 1 atom stereocenters. The minimum Gasteiger partial charge on any atom is -0.338 e. The van der Waals surface area contributed by atoms with Crippen molar-refractivity contribution < 1.29 is 4.79 Å². The van der Waals surface area contributed by atoms with Crippen LogP contribution in [0.25, 0.3) is 0 Å². The number of carbonyl (C=O) groups is 1. The van der Waals surface area contributed by atoms with Crippen LogP contribution in [0, 0.1) is 5.92 Å². The molecule has 0 bridgehead atoms. The fourth-order valence-corrected chi connectivity index (χ4v) is 3.12. The van der Waals surface area contributed by atoms with Crippen molar-refractivity contribution in [2.24, 2.45) is 5.92 Å². The average molecular weight is 304 g/mol. The van der Waals surface area contributed by atoms with Crippen LogP contribution in [0.15, 0.2) is 36.7 Å². The second-order valence-corrected chi connectivity index (χ2v) is 5.92. The van der Waals surface area contributed by atoms with Gasteiger partial charge in [0.15, 0.2) is 0 Å². The highest BCUT2D eigenvalue weighted by atomic mass is 35.5. The molecular formula is C16H18ClN3O. The zero-order valence-corrected chi connectivity index (χ0v) is 12.8. The van der Waals surface area contributed by atoms with Crippen molar-refractivity contribution in [2.75, 3.05) is 6.54 Å². The molecule has 21 heavy (non-hydrogen) atoms. The molecule has 0 saturated carbocycles. The topological polar surface area (TPSA) is 38.1 Å². The Morgan fingerprint density at radius 3 is 3.05 bits per heavy atom. The van der Waals surface area contributed by atoms with E-state index in [1.165, 1.54) is 5.56 Å². The number of hydrogen-bond donors (Lipinski definition) is 0. The molecule has 0 saturated heterocycles. The molecule has 0 N–H and O–H groups in total. The predicted octanol–water partition coefficient (Wildman–Crippen LogP) is 2.76. The molecule has 0 fully saturated rings. The molecule has 1 aliphatic heterocycles. The number of nitrogens with zero attached hydrogens (tertiary/aromatic N) is 3. The Hall–Kier alpha value is -1.81. The van der Waals surface area contributed by atoms with Gasteiger partial charge < -0.3 is 4.90 Å². The fraction of sp³-hybridized carbons (Fsp3) is 0.375. The third-order valence-electron chi connectivity index (χ3n) is 3.96. The van der Waals surface area contributed by atoms with Gasteiger partial charge in [0.05, 0.1) is 12.5 Å². The highest BCUT2D eigenvalue weighted by Crippen LogP contribution is 2.26. The number of amides is 1. The Labute approximate surface area is 129 Å². The van der Waals surface area contributed by atoms with E-state index in [1.54, 1.807) is 10.9 Å². The van der Waals surface area contributed by atoms with Gasteiger partial charge >= 0.3 is 0 Å². The SMILES string of the molecule is CC(Cn1cccn1)C(=O)N1CCc2c(Cl)cccc2C1. The molecule has 0 spiro atoms. The Balaban J connectivity index is 1.69. The zero-order chi connectivity index (χ0) is 14.8. The van der Waals surface area contributed by atoms with Crippen LogP contribution in [-0.2, 0) is 24.3 Å². The van der Waals surface area contributed by atoms with E-state index in [0.717, 1.165) is 23.6 Å². The van der Waals surface area contributed by atoms with Crippen LogP contribution in [0.4, 0.5) is 0 Å². The van der Waals surface area contributed by atoms with E-state index in [1.807, 2.05) is 36.2 Å². The first-order valence-corrected chi connectivity index (χ1v) is 7.55. The molecule has 0 radical (unpaired) electrons. The van der Waals surface area contributed by atoms with Crippen LogP contribution in [0.2, 0.25) is 5.02 Å². The van der Waals surface area contributed by atoms with Crippen molar-refractivity contribution in [3.63, 3.8) is 0 Å². The third kappa shape index (κ3) is 2.95. The third-order valence-corrected chi connectivity index (χ3v) is 4.32.